The molecular formula is C41H70O9. The smallest absolute Gasteiger partial charge is 0.228 e. The highest BCUT2D eigenvalue weighted by molar-refractivity contribution is 6.23. The molecule has 0 amide bonds. The van der Waals surface area contributed by atoms with Gasteiger partial charge in [-0.25, -0.2) is 0 Å². The molecule has 0 bridgehead atoms. The van der Waals surface area contributed by atoms with Crippen molar-refractivity contribution in [2.75, 3.05) is 14.2 Å². The zero-order valence-corrected chi connectivity index (χ0v) is 31.8. The van der Waals surface area contributed by atoms with Crippen LogP contribution in [0.3, 0.4) is 0 Å². The third-order valence-corrected chi connectivity index (χ3v) is 11.1. The number of carbonyl (C=O) groups is 2. The van der Waals surface area contributed by atoms with Gasteiger partial charge in [0.2, 0.25) is 23.1 Å². The number of aliphatic hydroxyl groups is 3. The number of Topliss-reactive ketones (excluding diaryl/α,β-unsaturated/α-hetero) is 2. The Morgan fingerprint density at radius 1 is 0.600 bits per heavy atom. The molecule has 9 nitrogen and oxygen atoms in total. The van der Waals surface area contributed by atoms with Gasteiger partial charge in [-0.05, 0) is 77.6 Å². The van der Waals surface area contributed by atoms with E-state index in [9.17, 15) is 24.9 Å². The van der Waals surface area contributed by atoms with E-state index in [1.807, 2.05) is 0 Å². The highest BCUT2D eigenvalue weighted by atomic mass is 16.6. The van der Waals surface area contributed by atoms with Gasteiger partial charge in [0, 0.05) is 11.1 Å². The fourth-order valence-electron chi connectivity index (χ4n) is 7.94. The summed E-state index contributed by atoms with van der Waals surface area (Å²) in [4.78, 5) is 25.3. The van der Waals surface area contributed by atoms with Crippen molar-refractivity contribution in [2.24, 2.45) is 0 Å². The first-order valence-corrected chi connectivity index (χ1v) is 20.2. The van der Waals surface area contributed by atoms with Crippen LogP contribution in [0.5, 0.6) is 0 Å². The lowest BCUT2D eigenvalue weighted by Gasteiger charge is -2.24. The Hall–Kier alpha value is -1.78. The van der Waals surface area contributed by atoms with Crippen LogP contribution in [0.1, 0.15) is 168 Å². The summed E-state index contributed by atoms with van der Waals surface area (Å²) in [5.41, 5.74) is 1.02. The van der Waals surface area contributed by atoms with E-state index < -0.39 is 12.2 Å². The average Bonchev–Trinajstić information content (AvgIpc) is 3.81. The minimum Gasteiger partial charge on any atom is -0.489 e. The number of carbonyl (C=O) groups excluding carboxylic acids is 2. The summed E-state index contributed by atoms with van der Waals surface area (Å²) >= 11 is 0. The summed E-state index contributed by atoms with van der Waals surface area (Å²) in [6.45, 7) is 3.89. The Labute approximate surface area is 302 Å². The molecule has 3 rings (SSSR count). The quantitative estimate of drug-likeness (QED) is 0.0575. The second-order valence-electron chi connectivity index (χ2n) is 15.1. The largest absolute Gasteiger partial charge is 0.489 e. The Kier molecular flexibility index (Phi) is 20.2. The predicted molar refractivity (Wildman–Crippen MR) is 196 cm³/mol. The minimum absolute atomic E-state index is 0.000732. The third-order valence-electron chi connectivity index (χ3n) is 11.1. The van der Waals surface area contributed by atoms with Crippen molar-refractivity contribution in [1.29, 1.82) is 0 Å². The molecule has 0 aromatic carbocycles. The van der Waals surface area contributed by atoms with Crippen molar-refractivity contribution < 1.29 is 43.9 Å². The molecule has 2 saturated heterocycles. The number of aliphatic hydroxyl groups excluding tert-OH is 3. The molecule has 2 fully saturated rings. The van der Waals surface area contributed by atoms with Gasteiger partial charge >= 0.3 is 0 Å². The summed E-state index contributed by atoms with van der Waals surface area (Å²) in [7, 11) is 2.78. The summed E-state index contributed by atoms with van der Waals surface area (Å²) in [6, 6.07) is 0. The first-order chi connectivity index (χ1) is 24.2. The normalized spacial score (nSPS) is 24.7. The molecule has 9 heteroatoms. The maximum absolute atomic E-state index is 12.7. The number of unbranched alkanes of at least 4 members (excludes halogenated alkanes) is 12. The van der Waals surface area contributed by atoms with Gasteiger partial charge in [0.05, 0.1) is 56.9 Å². The van der Waals surface area contributed by atoms with Crippen LogP contribution in [-0.2, 0) is 28.5 Å². The topological polar surface area (TPSA) is 132 Å². The number of ether oxygens (including phenoxy) is 4. The number of hydrogen-bond acceptors (Lipinski definition) is 9. The minimum atomic E-state index is -0.495. The van der Waals surface area contributed by atoms with Crippen LogP contribution in [-0.4, -0.2) is 83.8 Å². The van der Waals surface area contributed by atoms with Crippen molar-refractivity contribution in [3.63, 3.8) is 0 Å². The molecule has 3 aliphatic rings. The van der Waals surface area contributed by atoms with Crippen LogP contribution in [0.4, 0.5) is 0 Å². The lowest BCUT2D eigenvalue weighted by molar-refractivity contribution is -0.121. The van der Waals surface area contributed by atoms with E-state index in [4.69, 9.17) is 18.9 Å². The molecule has 7 atom stereocenters. The highest BCUT2D eigenvalue weighted by Crippen LogP contribution is 2.35. The molecular weight excluding hydrogens is 636 g/mol. The molecule has 1 aliphatic carbocycles. The molecule has 0 spiro atoms. The van der Waals surface area contributed by atoms with Crippen LogP contribution in [0, 0.1) is 0 Å². The van der Waals surface area contributed by atoms with Crippen molar-refractivity contribution in [2.45, 2.75) is 211 Å². The van der Waals surface area contributed by atoms with Crippen molar-refractivity contribution in [1.82, 2.24) is 0 Å². The number of rotatable bonds is 27. The summed E-state index contributed by atoms with van der Waals surface area (Å²) < 4.78 is 22.8. The molecule has 0 unspecified atom stereocenters. The van der Waals surface area contributed by atoms with Crippen LogP contribution in [0.25, 0.3) is 0 Å². The molecule has 2 heterocycles. The van der Waals surface area contributed by atoms with Crippen LogP contribution >= 0.6 is 0 Å². The van der Waals surface area contributed by atoms with E-state index in [0.717, 1.165) is 89.9 Å². The molecule has 0 aromatic heterocycles. The second kappa shape index (κ2) is 23.7. The van der Waals surface area contributed by atoms with E-state index in [0.29, 0.717) is 24.0 Å². The third kappa shape index (κ3) is 13.6. The van der Waals surface area contributed by atoms with E-state index in [2.05, 4.69) is 6.92 Å². The number of ketones is 2. The Bertz CT molecular complexity index is 1070. The van der Waals surface area contributed by atoms with E-state index >= 15 is 0 Å². The lowest BCUT2D eigenvalue weighted by Crippen LogP contribution is -2.33. The molecule has 0 aromatic rings. The number of hydrogen-bond donors (Lipinski definition) is 3. The standard InChI is InChI=1S/C41H70O9/c1-5-6-7-16-20-30(42)21-19-24-33(44)35-26-28-37(50-35)36-27-25-34(49-36)32(43)23-18-15-13-11-9-8-10-12-14-17-22-31-29(2)38(45)40(47-3)41(48-4)39(31)46/h30,32-37,42-44H,5-28H2,1-4H3/t30-,32+,33+,34+,35+,36+,37+/m0/s1. The second-order valence-corrected chi connectivity index (χ2v) is 15.1. The van der Waals surface area contributed by atoms with E-state index in [1.54, 1.807) is 6.92 Å². The number of methoxy groups -OCH3 is 2. The maximum atomic E-state index is 12.7. The number of allylic oxidation sites excluding steroid dienone is 2. The first kappa shape index (κ1) is 42.6. The lowest BCUT2D eigenvalue weighted by atomic mass is 9.89. The van der Waals surface area contributed by atoms with Crippen molar-refractivity contribution >= 4 is 11.6 Å². The van der Waals surface area contributed by atoms with Crippen LogP contribution in [0.2, 0.25) is 0 Å². The van der Waals surface area contributed by atoms with Crippen LogP contribution < -0.4 is 0 Å². The zero-order chi connectivity index (χ0) is 36.3. The van der Waals surface area contributed by atoms with Gasteiger partial charge < -0.3 is 34.3 Å². The molecule has 0 radical (unpaired) electrons. The van der Waals surface area contributed by atoms with Gasteiger partial charge in [-0.3, -0.25) is 9.59 Å². The van der Waals surface area contributed by atoms with E-state index in [-0.39, 0.29) is 53.6 Å². The fourth-order valence-corrected chi connectivity index (χ4v) is 7.94. The first-order valence-electron chi connectivity index (χ1n) is 20.2. The Morgan fingerprint density at radius 3 is 1.58 bits per heavy atom. The van der Waals surface area contributed by atoms with Crippen molar-refractivity contribution in [3.8, 4) is 0 Å². The summed E-state index contributed by atoms with van der Waals surface area (Å²) in [6.07, 6.45) is 22.3. The predicted octanol–water partition coefficient (Wildman–Crippen LogP) is 7.96. The summed E-state index contributed by atoms with van der Waals surface area (Å²) in [5, 5.41) is 31.7. The average molecular weight is 707 g/mol. The van der Waals surface area contributed by atoms with Crippen molar-refractivity contribution in [3.05, 3.63) is 22.7 Å². The van der Waals surface area contributed by atoms with E-state index in [1.165, 1.54) is 65.6 Å². The van der Waals surface area contributed by atoms with Gasteiger partial charge in [0.25, 0.3) is 0 Å². The van der Waals surface area contributed by atoms with Gasteiger partial charge in [-0.15, -0.1) is 0 Å². The molecule has 3 N–H and O–H groups in total. The van der Waals surface area contributed by atoms with Gasteiger partial charge in [-0.2, -0.15) is 0 Å². The van der Waals surface area contributed by atoms with Gasteiger partial charge in [0.15, 0.2) is 0 Å². The molecule has 0 saturated carbocycles. The molecule has 2 aliphatic heterocycles. The molecule has 50 heavy (non-hydrogen) atoms. The SMILES string of the molecule is CCCCCC[C@H](O)CCC[C@@H](O)[C@H]1CC[C@H]([C@H]2CC[C@H]([C@H](O)CCCCCCCCCCCCC3=C(C)C(=O)C(OC)=C(OC)C3=O)O2)O1. The van der Waals surface area contributed by atoms with Gasteiger partial charge in [-0.1, -0.05) is 90.4 Å². The van der Waals surface area contributed by atoms with Crippen LogP contribution in [0.15, 0.2) is 22.7 Å². The van der Waals surface area contributed by atoms with Gasteiger partial charge in [0.1, 0.15) is 0 Å². The highest BCUT2D eigenvalue weighted by Gasteiger charge is 2.41. The monoisotopic (exact) mass is 707 g/mol. The summed E-state index contributed by atoms with van der Waals surface area (Å²) in [5.74, 6) is -0.476. The zero-order valence-electron chi connectivity index (χ0n) is 31.8. The Morgan fingerprint density at radius 2 is 1.04 bits per heavy atom. The Balaban J connectivity index is 1.16. The molecule has 288 valence electrons. The fraction of sp³-hybridized carbons (Fsp3) is 0.854. The maximum Gasteiger partial charge on any atom is 0.228 e.